The summed E-state index contributed by atoms with van der Waals surface area (Å²) in [4.78, 5) is 2.31. The quantitative estimate of drug-likeness (QED) is 0.658. The van der Waals surface area contributed by atoms with Crippen LogP contribution in [-0.4, -0.2) is 37.3 Å². The van der Waals surface area contributed by atoms with Crippen molar-refractivity contribution in [3.8, 4) is 0 Å². The molecule has 2 N–H and O–H groups in total. The number of nitrogens with two attached hydrogens (primary N) is 1. The van der Waals surface area contributed by atoms with Crippen LogP contribution < -0.4 is 5.73 Å². The Labute approximate surface area is 67.6 Å². The molecule has 0 radical (unpaired) electrons. The molecule has 0 amide bonds. The van der Waals surface area contributed by atoms with Crippen LogP contribution in [0.5, 0.6) is 0 Å². The highest BCUT2D eigenvalue weighted by Crippen LogP contribution is 2.15. The smallest absolute Gasteiger partial charge is 0.0906 e. The van der Waals surface area contributed by atoms with Gasteiger partial charge in [-0.25, -0.2) is 0 Å². The van der Waals surface area contributed by atoms with E-state index in [2.05, 4.69) is 4.90 Å². The van der Waals surface area contributed by atoms with E-state index < -0.39 is 0 Å². The minimum Gasteiger partial charge on any atom is -0.329 e. The molecule has 0 aromatic carbocycles. The summed E-state index contributed by atoms with van der Waals surface area (Å²) in [6, 6.07) is 0.529. The monoisotopic (exact) mass is 160 g/mol. The van der Waals surface area contributed by atoms with E-state index in [4.69, 9.17) is 5.73 Å². The third-order valence-corrected chi connectivity index (χ3v) is 2.35. The van der Waals surface area contributed by atoms with Crippen molar-refractivity contribution in [2.45, 2.75) is 25.3 Å². The second-order valence-corrected chi connectivity index (χ2v) is 3.11. The summed E-state index contributed by atoms with van der Waals surface area (Å²) in [5, 5.41) is 0. The van der Waals surface area contributed by atoms with E-state index in [0.717, 1.165) is 19.6 Å². The van der Waals surface area contributed by atoms with Gasteiger partial charge in [0.15, 0.2) is 0 Å². The van der Waals surface area contributed by atoms with Crippen molar-refractivity contribution in [1.82, 2.24) is 4.90 Å². The zero-order valence-electron chi connectivity index (χ0n) is 6.93. The van der Waals surface area contributed by atoms with Gasteiger partial charge in [-0.1, -0.05) is 0 Å². The van der Waals surface area contributed by atoms with Gasteiger partial charge in [0.2, 0.25) is 0 Å². The second kappa shape index (κ2) is 4.67. The lowest BCUT2D eigenvalue weighted by atomic mass is 10.2. The SMILES string of the molecule is NCC1CCCN1CCCF. The number of rotatable bonds is 4. The molecule has 11 heavy (non-hydrogen) atoms. The van der Waals surface area contributed by atoms with Crippen LogP contribution in [0.3, 0.4) is 0 Å². The highest BCUT2D eigenvalue weighted by atomic mass is 19.1. The maximum absolute atomic E-state index is 11.8. The third-order valence-electron chi connectivity index (χ3n) is 2.35. The molecule has 0 bridgehead atoms. The molecule has 1 fully saturated rings. The molecule has 1 rings (SSSR count). The van der Waals surface area contributed by atoms with E-state index in [1.165, 1.54) is 12.8 Å². The van der Waals surface area contributed by atoms with Crippen LogP contribution in [-0.2, 0) is 0 Å². The zero-order chi connectivity index (χ0) is 8.10. The Balaban J connectivity index is 2.20. The topological polar surface area (TPSA) is 29.3 Å². The molecule has 1 saturated heterocycles. The number of hydrogen-bond donors (Lipinski definition) is 1. The van der Waals surface area contributed by atoms with Gasteiger partial charge < -0.3 is 5.73 Å². The van der Waals surface area contributed by atoms with E-state index >= 15 is 0 Å². The molecule has 0 spiro atoms. The number of nitrogens with zero attached hydrogens (tertiary/aromatic N) is 1. The summed E-state index contributed by atoms with van der Waals surface area (Å²) in [5.74, 6) is 0. The third kappa shape index (κ3) is 2.42. The lowest BCUT2D eigenvalue weighted by molar-refractivity contribution is 0.245. The van der Waals surface area contributed by atoms with Crippen LogP contribution >= 0.6 is 0 Å². The number of hydrogen-bond acceptors (Lipinski definition) is 2. The molecule has 0 saturated carbocycles. The predicted octanol–water partition coefficient (Wildman–Crippen LogP) is 0.769. The number of alkyl halides is 1. The fourth-order valence-corrected chi connectivity index (χ4v) is 1.72. The van der Waals surface area contributed by atoms with Gasteiger partial charge in [-0.05, 0) is 25.8 Å². The van der Waals surface area contributed by atoms with Crippen molar-refractivity contribution >= 4 is 0 Å². The average Bonchev–Trinajstić information content (AvgIpc) is 2.47. The number of likely N-dealkylation sites (tertiary alicyclic amines) is 1. The fourth-order valence-electron chi connectivity index (χ4n) is 1.72. The summed E-state index contributed by atoms with van der Waals surface area (Å²) in [5.41, 5.74) is 5.56. The van der Waals surface area contributed by atoms with E-state index in [9.17, 15) is 4.39 Å². The molecule has 1 atom stereocenters. The van der Waals surface area contributed by atoms with Gasteiger partial charge in [0.1, 0.15) is 0 Å². The van der Waals surface area contributed by atoms with Crippen molar-refractivity contribution < 1.29 is 4.39 Å². The van der Waals surface area contributed by atoms with Crippen LogP contribution in [0.2, 0.25) is 0 Å². The highest BCUT2D eigenvalue weighted by molar-refractivity contribution is 4.79. The maximum atomic E-state index is 11.8. The molecular formula is C8H17FN2. The van der Waals surface area contributed by atoms with Gasteiger partial charge in [0.25, 0.3) is 0 Å². The molecular weight excluding hydrogens is 143 g/mol. The first-order valence-corrected chi connectivity index (χ1v) is 4.38. The van der Waals surface area contributed by atoms with Crippen LogP contribution in [0.15, 0.2) is 0 Å². The minimum atomic E-state index is -0.201. The van der Waals surface area contributed by atoms with Crippen molar-refractivity contribution in [2.24, 2.45) is 5.73 Å². The Bertz CT molecular complexity index is 108. The molecule has 3 heteroatoms. The predicted molar refractivity (Wildman–Crippen MR) is 44.2 cm³/mol. The van der Waals surface area contributed by atoms with Crippen LogP contribution in [0, 0.1) is 0 Å². The lowest BCUT2D eigenvalue weighted by Gasteiger charge is -2.22. The molecule has 1 unspecified atom stereocenters. The van der Waals surface area contributed by atoms with Crippen LogP contribution in [0.25, 0.3) is 0 Å². The normalized spacial score (nSPS) is 26.2. The Morgan fingerprint density at radius 1 is 1.55 bits per heavy atom. The lowest BCUT2D eigenvalue weighted by Crippen LogP contribution is -2.36. The Kier molecular flexibility index (Phi) is 3.80. The Morgan fingerprint density at radius 2 is 2.36 bits per heavy atom. The van der Waals surface area contributed by atoms with Gasteiger partial charge in [-0.2, -0.15) is 0 Å². The second-order valence-electron chi connectivity index (χ2n) is 3.11. The minimum absolute atomic E-state index is 0.201. The zero-order valence-corrected chi connectivity index (χ0v) is 6.93. The molecule has 1 heterocycles. The van der Waals surface area contributed by atoms with Gasteiger partial charge in [0, 0.05) is 19.1 Å². The standard InChI is InChI=1S/C8H17FN2/c9-4-2-6-11-5-1-3-8(11)7-10/h8H,1-7,10H2. The maximum Gasteiger partial charge on any atom is 0.0906 e. The molecule has 2 nitrogen and oxygen atoms in total. The van der Waals surface area contributed by atoms with Crippen molar-refractivity contribution in [3.05, 3.63) is 0 Å². The molecule has 66 valence electrons. The van der Waals surface area contributed by atoms with E-state index in [1.54, 1.807) is 0 Å². The summed E-state index contributed by atoms with van der Waals surface area (Å²) in [6.45, 7) is 2.53. The molecule has 0 aliphatic carbocycles. The van der Waals surface area contributed by atoms with E-state index in [1.807, 2.05) is 0 Å². The first kappa shape index (κ1) is 8.94. The summed E-state index contributed by atoms with van der Waals surface area (Å²) < 4.78 is 11.8. The van der Waals surface area contributed by atoms with Gasteiger partial charge >= 0.3 is 0 Å². The van der Waals surface area contributed by atoms with Gasteiger partial charge in [-0.15, -0.1) is 0 Å². The van der Waals surface area contributed by atoms with Crippen molar-refractivity contribution in [1.29, 1.82) is 0 Å². The summed E-state index contributed by atoms with van der Waals surface area (Å²) in [6.07, 6.45) is 3.09. The molecule has 1 aliphatic heterocycles. The van der Waals surface area contributed by atoms with Crippen molar-refractivity contribution in [3.63, 3.8) is 0 Å². The number of halogens is 1. The molecule has 0 aromatic heterocycles. The largest absolute Gasteiger partial charge is 0.329 e. The highest BCUT2D eigenvalue weighted by Gasteiger charge is 2.21. The Hall–Kier alpha value is -0.150. The molecule has 0 aromatic rings. The van der Waals surface area contributed by atoms with Crippen LogP contribution in [0.4, 0.5) is 4.39 Å². The summed E-state index contributed by atoms with van der Waals surface area (Å²) >= 11 is 0. The van der Waals surface area contributed by atoms with E-state index in [0.29, 0.717) is 12.5 Å². The Morgan fingerprint density at radius 3 is 3.00 bits per heavy atom. The first-order valence-electron chi connectivity index (χ1n) is 4.38. The molecule has 1 aliphatic rings. The van der Waals surface area contributed by atoms with Gasteiger partial charge in [-0.3, -0.25) is 9.29 Å². The first-order chi connectivity index (χ1) is 5.38. The van der Waals surface area contributed by atoms with Crippen molar-refractivity contribution in [2.75, 3.05) is 26.3 Å². The van der Waals surface area contributed by atoms with E-state index in [-0.39, 0.29) is 6.67 Å². The fraction of sp³-hybridized carbons (Fsp3) is 1.00. The summed E-state index contributed by atoms with van der Waals surface area (Å²) in [7, 11) is 0. The van der Waals surface area contributed by atoms with Crippen LogP contribution in [0.1, 0.15) is 19.3 Å². The average molecular weight is 160 g/mol. The van der Waals surface area contributed by atoms with Gasteiger partial charge in [0.05, 0.1) is 6.67 Å².